The molecule has 0 aliphatic rings. The van der Waals surface area contributed by atoms with Crippen LogP contribution in [0.1, 0.15) is 22.8 Å². The molecule has 0 unspecified atom stereocenters. The summed E-state index contributed by atoms with van der Waals surface area (Å²) in [7, 11) is 0. The monoisotopic (exact) mass is 255 g/mol. The summed E-state index contributed by atoms with van der Waals surface area (Å²) in [5, 5.41) is 9.20. The Balaban J connectivity index is 2.27. The van der Waals surface area contributed by atoms with Crippen LogP contribution in [-0.2, 0) is 6.54 Å². The lowest BCUT2D eigenvalue weighted by Crippen LogP contribution is -2.23. The number of hydrogen-bond acceptors (Lipinski definition) is 2. The van der Waals surface area contributed by atoms with Gasteiger partial charge in [-0.05, 0) is 30.7 Å². The molecule has 0 amide bonds. The molecule has 98 valence electrons. The van der Waals surface area contributed by atoms with Crippen LogP contribution in [0.2, 0.25) is 0 Å². The van der Waals surface area contributed by atoms with E-state index in [4.69, 9.17) is 0 Å². The summed E-state index contributed by atoms with van der Waals surface area (Å²) in [6.45, 7) is 3.50. The van der Waals surface area contributed by atoms with Crippen molar-refractivity contribution in [3.8, 4) is 0 Å². The number of carboxylic acid groups (broad SMARTS) is 1. The Kier molecular flexibility index (Phi) is 4.18. The second-order valence-corrected chi connectivity index (χ2v) is 4.31. The topological polar surface area (TPSA) is 40.5 Å². The maximum atomic E-state index is 11.2. The van der Waals surface area contributed by atoms with Gasteiger partial charge in [0, 0.05) is 18.8 Å². The van der Waals surface area contributed by atoms with Gasteiger partial charge in [-0.15, -0.1) is 0 Å². The van der Waals surface area contributed by atoms with E-state index in [1.54, 1.807) is 12.1 Å². The highest BCUT2D eigenvalue weighted by molar-refractivity contribution is 5.89. The lowest BCUT2D eigenvalue weighted by atomic mass is 10.1. The zero-order chi connectivity index (χ0) is 13.7. The molecule has 0 saturated heterocycles. The maximum Gasteiger partial charge on any atom is 0.336 e. The number of carboxylic acids is 1. The zero-order valence-corrected chi connectivity index (χ0v) is 10.9. The molecule has 0 radical (unpaired) electrons. The van der Waals surface area contributed by atoms with Crippen molar-refractivity contribution in [1.82, 2.24) is 0 Å². The molecular formula is C16H17NO2. The van der Waals surface area contributed by atoms with Gasteiger partial charge in [0.15, 0.2) is 0 Å². The molecule has 3 heteroatoms. The second kappa shape index (κ2) is 6.05. The SMILES string of the molecule is CCN(Cc1ccccc1C(=O)O)c1ccccc1. The van der Waals surface area contributed by atoms with Crippen molar-refractivity contribution in [2.24, 2.45) is 0 Å². The van der Waals surface area contributed by atoms with Crippen molar-refractivity contribution < 1.29 is 9.90 Å². The minimum absolute atomic E-state index is 0.372. The van der Waals surface area contributed by atoms with E-state index in [2.05, 4.69) is 11.8 Å². The van der Waals surface area contributed by atoms with Crippen LogP contribution in [0.3, 0.4) is 0 Å². The van der Waals surface area contributed by atoms with Gasteiger partial charge in [-0.3, -0.25) is 0 Å². The molecule has 2 aromatic rings. The van der Waals surface area contributed by atoms with Crippen molar-refractivity contribution in [3.63, 3.8) is 0 Å². The number of rotatable bonds is 5. The Morgan fingerprint density at radius 3 is 2.32 bits per heavy atom. The summed E-state index contributed by atoms with van der Waals surface area (Å²) in [5.41, 5.74) is 2.31. The number of aromatic carboxylic acids is 1. The molecule has 0 heterocycles. The largest absolute Gasteiger partial charge is 0.478 e. The average Bonchev–Trinajstić information content (AvgIpc) is 2.46. The van der Waals surface area contributed by atoms with Crippen LogP contribution in [-0.4, -0.2) is 17.6 Å². The van der Waals surface area contributed by atoms with Gasteiger partial charge in [-0.2, -0.15) is 0 Å². The highest BCUT2D eigenvalue weighted by Gasteiger charge is 2.12. The van der Waals surface area contributed by atoms with Crippen LogP contribution in [0.25, 0.3) is 0 Å². The summed E-state index contributed by atoms with van der Waals surface area (Å²) in [6, 6.07) is 17.2. The van der Waals surface area contributed by atoms with Crippen molar-refractivity contribution in [2.75, 3.05) is 11.4 Å². The summed E-state index contributed by atoms with van der Waals surface area (Å²) < 4.78 is 0. The summed E-state index contributed by atoms with van der Waals surface area (Å²) in [4.78, 5) is 13.4. The first-order valence-electron chi connectivity index (χ1n) is 6.33. The number of carbonyl (C=O) groups is 1. The lowest BCUT2D eigenvalue weighted by molar-refractivity contribution is 0.0695. The zero-order valence-electron chi connectivity index (χ0n) is 10.9. The van der Waals surface area contributed by atoms with E-state index < -0.39 is 5.97 Å². The molecule has 0 aliphatic carbocycles. The number of nitrogens with zero attached hydrogens (tertiary/aromatic N) is 1. The van der Waals surface area contributed by atoms with E-state index >= 15 is 0 Å². The summed E-state index contributed by atoms with van der Waals surface area (Å²) >= 11 is 0. The van der Waals surface area contributed by atoms with Gasteiger partial charge in [-0.1, -0.05) is 36.4 Å². The molecule has 3 nitrogen and oxygen atoms in total. The molecule has 2 aromatic carbocycles. The smallest absolute Gasteiger partial charge is 0.336 e. The van der Waals surface area contributed by atoms with Crippen LogP contribution in [0.5, 0.6) is 0 Å². The Hall–Kier alpha value is -2.29. The van der Waals surface area contributed by atoms with Crippen molar-refractivity contribution in [2.45, 2.75) is 13.5 Å². The Morgan fingerprint density at radius 2 is 1.68 bits per heavy atom. The van der Waals surface area contributed by atoms with Gasteiger partial charge in [0.25, 0.3) is 0 Å². The highest BCUT2D eigenvalue weighted by Crippen LogP contribution is 2.18. The van der Waals surface area contributed by atoms with Gasteiger partial charge in [0.05, 0.1) is 5.56 Å². The molecule has 19 heavy (non-hydrogen) atoms. The van der Waals surface area contributed by atoms with Crippen LogP contribution in [0, 0.1) is 0 Å². The fourth-order valence-electron chi connectivity index (χ4n) is 2.10. The van der Waals surface area contributed by atoms with Gasteiger partial charge < -0.3 is 10.0 Å². The normalized spacial score (nSPS) is 10.2. The Bertz CT molecular complexity index is 552. The van der Waals surface area contributed by atoms with Crippen LogP contribution < -0.4 is 4.90 Å². The van der Waals surface area contributed by atoms with E-state index in [0.717, 1.165) is 17.8 Å². The second-order valence-electron chi connectivity index (χ2n) is 4.31. The molecule has 0 bridgehead atoms. The fourth-order valence-corrected chi connectivity index (χ4v) is 2.10. The van der Waals surface area contributed by atoms with Crippen molar-refractivity contribution >= 4 is 11.7 Å². The van der Waals surface area contributed by atoms with E-state index in [9.17, 15) is 9.90 Å². The van der Waals surface area contributed by atoms with E-state index in [1.165, 1.54) is 0 Å². The molecule has 0 fully saturated rings. The third-order valence-corrected chi connectivity index (χ3v) is 3.11. The van der Waals surface area contributed by atoms with E-state index in [-0.39, 0.29) is 0 Å². The first-order valence-corrected chi connectivity index (χ1v) is 6.33. The number of hydrogen-bond donors (Lipinski definition) is 1. The number of para-hydroxylation sites is 1. The van der Waals surface area contributed by atoms with Crippen molar-refractivity contribution in [3.05, 3.63) is 65.7 Å². The van der Waals surface area contributed by atoms with Crippen LogP contribution in [0.4, 0.5) is 5.69 Å². The third-order valence-electron chi connectivity index (χ3n) is 3.11. The quantitative estimate of drug-likeness (QED) is 0.890. The molecule has 0 aliphatic heterocycles. The molecule has 0 atom stereocenters. The van der Waals surface area contributed by atoms with E-state index in [1.807, 2.05) is 42.5 Å². The number of benzene rings is 2. The summed E-state index contributed by atoms with van der Waals surface area (Å²) in [5.74, 6) is -0.875. The highest BCUT2D eigenvalue weighted by atomic mass is 16.4. The van der Waals surface area contributed by atoms with Crippen molar-refractivity contribution in [1.29, 1.82) is 0 Å². The molecule has 0 spiro atoms. The summed E-state index contributed by atoms with van der Waals surface area (Å²) in [6.07, 6.45) is 0. The standard InChI is InChI=1S/C16H17NO2/c1-2-17(14-9-4-3-5-10-14)12-13-8-6-7-11-15(13)16(18)19/h3-11H,2,12H2,1H3,(H,18,19). The van der Waals surface area contributed by atoms with Crippen LogP contribution in [0.15, 0.2) is 54.6 Å². The molecule has 2 rings (SSSR count). The Labute approximate surface area is 113 Å². The Morgan fingerprint density at radius 1 is 1.05 bits per heavy atom. The lowest BCUT2D eigenvalue weighted by Gasteiger charge is -2.23. The van der Waals surface area contributed by atoms with E-state index in [0.29, 0.717) is 12.1 Å². The van der Waals surface area contributed by atoms with Gasteiger partial charge in [0.1, 0.15) is 0 Å². The molecule has 1 N–H and O–H groups in total. The minimum atomic E-state index is -0.875. The molecule has 0 saturated carbocycles. The fraction of sp³-hybridized carbons (Fsp3) is 0.188. The molecule has 0 aromatic heterocycles. The predicted octanol–water partition coefficient (Wildman–Crippen LogP) is 3.41. The first-order chi connectivity index (χ1) is 9.22. The van der Waals surface area contributed by atoms with Gasteiger partial charge in [0.2, 0.25) is 0 Å². The number of anilines is 1. The average molecular weight is 255 g/mol. The minimum Gasteiger partial charge on any atom is -0.478 e. The van der Waals surface area contributed by atoms with Gasteiger partial charge in [-0.25, -0.2) is 4.79 Å². The van der Waals surface area contributed by atoms with Gasteiger partial charge >= 0.3 is 5.97 Å². The maximum absolute atomic E-state index is 11.2. The molecular weight excluding hydrogens is 238 g/mol. The third kappa shape index (κ3) is 3.13. The van der Waals surface area contributed by atoms with Crippen LogP contribution >= 0.6 is 0 Å². The first kappa shape index (κ1) is 13.1. The predicted molar refractivity (Wildman–Crippen MR) is 76.6 cm³/mol.